The third kappa shape index (κ3) is 3.58. The number of nitrogens with zero attached hydrogens (tertiary/aromatic N) is 5. The zero-order chi connectivity index (χ0) is 17.2. The smallest absolute Gasteiger partial charge is 0.227 e. The first kappa shape index (κ1) is 16.3. The number of aromatic nitrogens is 3. The van der Waals surface area contributed by atoms with Crippen LogP contribution in [0.2, 0.25) is 0 Å². The maximum atomic E-state index is 6.00. The summed E-state index contributed by atoms with van der Waals surface area (Å²) in [7, 11) is 2.08. The number of pyridine rings is 1. The first-order valence-corrected chi connectivity index (χ1v) is 9.18. The highest BCUT2D eigenvalue weighted by atomic mass is 15.3. The Morgan fingerprint density at radius 1 is 1.24 bits per heavy atom. The third-order valence-electron chi connectivity index (χ3n) is 5.24. The molecule has 0 amide bonds. The zero-order valence-electron chi connectivity index (χ0n) is 14.8. The second-order valence-corrected chi connectivity index (χ2v) is 7.29. The Balaban J connectivity index is 1.60. The number of rotatable bonds is 5. The number of nitrogens with two attached hydrogens (primary N) is 1. The first-order valence-electron chi connectivity index (χ1n) is 9.18. The summed E-state index contributed by atoms with van der Waals surface area (Å²) < 4.78 is 0. The molecule has 1 aliphatic heterocycles. The Labute approximate surface area is 149 Å². The van der Waals surface area contributed by atoms with Crippen LogP contribution in [0, 0.1) is 0 Å². The van der Waals surface area contributed by atoms with Gasteiger partial charge in [-0.05, 0) is 37.3 Å². The van der Waals surface area contributed by atoms with Crippen molar-refractivity contribution in [3.63, 3.8) is 0 Å². The van der Waals surface area contributed by atoms with Gasteiger partial charge < -0.3 is 15.5 Å². The largest absolute Gasteiger partial charge is 0.355 e. The highest BCUT2D eigenvalue weighted by Gasteiger charge is 2.30. The van der Waals surface area contributed by atoms with Gasteiger partial charge in [-0.2, -0.15) is 4.98 Å². The lowest BCUT2D eigenvalue weighted by molar-refractivity contribution is 0.345. The molecule has 2 aromatic rings. The Hall–Kier alpha value is -2.21. The molecule has 0 radical (unpaired) electrons. The molecule has 1 saturated carbocycles. The number of anilines is 2. The molecule has 6 nitrogen and oxygen atoms in total. The van der Waals surface area contributed by atoms with Crippen LogP contribution in [-0.2, 0) is 6.54 Å². The van der Waals surface area contributed by atoms with Crippen molar-refractivity contribution in [3.05, 3.63) is 41.9 Å². The van der Waals surface area contributed by atoms with Crippen molar-refractivity contribution < 1.29 is 0 Å². The average Bonchev–Trinajstić information content (AvgIpc) is 3.14. The lowest BCUT2D eigenvalue weighted by atomic mass is 9.78. The summed E-state index contributed by atoms with van der Waals surface area (Å²) in [5.41, 5.74) is 8.32. The second-order valence-electron chi connectivity index (χ2n) is 7.29. The van der Waals surface area contributed by atoms with Crippen LogP contribution in [0.15, 0.2) is 30.6 Å². The molecule has 2 fully saturated rings. The van der Waals surface area contributed by atoms with Gasteiger partial charge in [-0.1, -0.05) is 6.07 Å². The molecule has 1 saturated heterocycles. The molecule has 1 aliphatic carbocycles. The van der Waals surface area contributed by atoms with Gasteiger partial charge in [-0.15, -0.1) is 0 Å². The van der Waals surface area contributed by atoms with E-state index in [-0.39, 0.29) is 0 Å². The standard InChI is InChI=1S/C19H26N6/c1-24(13-14-5-4-6-21-12-14)18-11-17(15-9-16(20)10-15)22-19(23-18)25-7-2-3-8-25/h4-6,11-12,15-16H,2-3,7-10,13,20H2,1H3. The van der Waals surface area contributed by atoms with E-state index in [4.69, 9.17) is 15.7 Å². The SMILES string of the molecule is CN(Cc1cccnc1)c1cc(C2CC(N)C2)nc(N2CCCC2)n1. The first-order chi connectivity index (χ1) is 12.2. The maximum Gasteiger partial charge on any atom is 0.227 e. The summed E-state index contributed by atoms with van der Waals surface area (Å²) in [5, 5.41) is 0. The number of hydrogen-bond donors (Lipinski definition) is 1. The van der Waals surface area contributed by atoms with Crippen molar-refractivity contribution >= 4 is 11.8 Å². The van der Waals surface area contributed by atoms with E-state index in [1.165, 1.54) is 18.4 Å². The second kappa shape index (κ2) is 6.96. The van der Waals surface area contributed by atoms with Crippen LogP contribution in [0.1, 0.15) is 42.9 Å². The molecule has 132 valence electrons. The van der Waals surface area contributed by atoms with Crippen LogP contribution in [-0.4, -0.2) is 41.1 Å². The highest BCUT2D eigenvalue weighted by Crippen LogP contribution is 2.36. The molecule has 0 atom stereocenters. The quantitative estimate of drug-likeness (QED) is 0.902. The minimum absolute atomic E-state index is 0.326. The zero-order valence-corrected chi connectivity index (χ0v) is 14.8. The fraction of sp³-hybridized carbons (Fsp3) is 0.526. The van der Waals surface area contributed by atoms with Crippen molar-refractivity contribution in [2.24, 2.45) is 5.73 Å². The van der Waals surface area contributed by atoms with Crippen molar-refractivity contribution in [2.45, 2.75) is 44.2 Å². The topological polar surface area (TPSA) is 71.2 Å². The van der Waals surface area contributed by atoms with E-state index < -0.39 is 0 Å². The summed E-state index contributed by atoms with van der Waals surface area (Å²) in [6.45, 7) is 2.90. The molecule has 0 aromatic carbocycles. The van der Waals surface area contributed by atoms with Crippen molar-refractivity contribution in [2.75, 3.05) is 29.9 Å². The van der Waals surface area contributed by atoms with Gasteiger partial charge in [0.25, 0.3) is 0 Å². The van der Waals surface area contributed by atoms with Gasteiger partial charge in [-0.3, -0.25) is 4.98 Å². The van der Waals surface area contributed by atoms with E-state index in [9.17, 15) is 0 Å². The van der Waals surface area contributed by atoms with Gasteiger partial charge >= 0.3 is 0 Å². The van der Waals surface area contributed by atoms with Crippen LogP contribution in [0.5, 0.6) is 0 Å². The highest BCUT2D eigenvalue weighted by molar-refractivity contribution is 5.47. The summed E-state index contributed by atoms with van der Waals surface area (Å²) >= 11 is 0. The molecule has 0 bridgehead atoms. The van der Waals surface area contributed by atoms with Crippen LogP contribution < -0.4 is 15.5 Å². The van der Waals surface area contributed by atoms with Crippen LogP contribution in [0.3, 0.4) is 0 Å². The fourth-order valence-electron chi connectivity index (χ4n) is 3.65. The van der Waals surface area contributed by atoms with Gasteiger partial charge in [0.1, 0.15) is 5.82 Å². The predicted molar refractivity (Wildman–Crippen MR) is 99.8 cm³/mol. The summed E-state index contributed by atoms with van der Waals surface area (Å²) in [4.78, 5) is 18.4. The predicted octanol–water partition coefficient (Wildman–Crippen LogP) is 2.31. The van der Waals surface area contributed by atoms with Crippen molar-refractivity contribution in [1.82, 2.24) is 15.0 Å². The van der Waals surface area contributed by atoms with Crippen LogP contribution >= 0.6 is 0 Å². The molecule has 0 spiro atoms. The molecule has 25 heavy (non-hydrogen) atoms. The minimum atomic E-state index is 0.326. The van der Waals surface area contributed by atoms with Gasteiger partial charge in [-0.25, -0.2) is 4.98 Å². The van der Waals surface area contributed by atoms with Gasteiger partial charge in [0.2, 0.25) is 5.95 Å². The van der Waals surface area contributed by atoms with Gasteiger partial charge in [0.05, 0.1) is 5.69 Å². The lowest BCUT2D eigenvalue weighted by Gasteiger charge is -2.33. The molecular formula is C19H26N6. The Bertz CT molecular complexity index is 707. The van der Waals surface area contributed by atoms with E-state index in [0.717, 1.165) is 49.9 Å². The summed E-state index contributed by atoms with van der Waals surface area (Å²) in [6, 6.07) is 6.54. The van der Waals surface area contributed by atoms with Gasteiger partial charge in [0, 0.05) is 57.1 Å². The fourth-order valence-corrected chi connectivity index (χ4v) is 3.65. The molecule has 2 aromatic heterocycles. The van der Waals surface area contributed by atoms with Crippen LogP contribution in [0.25, 0.3) is 0 Å². The minimum Gasteiger partial charge on any atom is -0.355 e. The van der Waals surface area contributed by atoms with E-state index in [1.54, 1.807) is 6.20 Å². The van der Waals surface area contributed by atoms with Crippen LogP contribution in [0.4, 0.5) is 11.8 Å². The third-order valence-corrected chi connectivity index (χ3v) is 5.24. The Kier molecular flexibility index (Phi) is 4.53. The van der Waals surface area contributed by atoms with Crippen molar-refractivity contribution in [1.29, 1.82) is 0 Å². The van der Waals surface area contributed by atoms with E-state index >= 15 is 0 Å². The maximum absolute atomic E-state index is 6.00. The summed E-state index contributed by atoms with van der Waals surface area (Å²) in [5.74, 6) is 2.34. The Morgan fingerprint density at radius 2 is 2.04 bits per heavy atom. The molecule has 3 heterocycles. The van der Waals surface area contributed by atoms with E-state index in [1.807, 2.05) is 12.3 Å². The lowest BCUT2D eigenvalue weighted by Crippen LogP contribution is -2.35. The molecule has 6 heteroatoms. The monoisotopic (exact) mass is 338 g/mol. The average molecular weight is 338 g/mol. The molecule has 0 unspecified atom stereocenters. The molecular weight excluding hydrogens is 312 g/mol. The Morgan fingerprint density at radius 3 is 2.72 bits per heavy atom. The van der Waals surface area contributed by atoms with E-state index in [0.29, 0.717) is 12.0 Å². The molecule has 4 rings (SSSR count). The van der Waals surface area contributed by atoms with E-state index in [2.05, 4.69) is 34.0 Å². The number of hydrogen-bond acceptors (Lipinski definition) is 6. The molecule has 2 N–H and O–H groups in total. The summed E-state index contributed by atoms with van der Waals surface area (Å²) in [6.07, 6.45) is 8.22. The van der Waals surface area contributed by atoms with Gasteiger partial charge in [0.15, 0.2) is 0 Å². The normalized spacial score (nSPS) is 22.7. The van der Waals surface area contributed by atoms with Crippen molar-refractivity contribution in [3.8, 4) is 0 Å². The molecule has 2 aliphatic rings.